The predicted molar refractivity (Wildman–Crippen MR) is 86.4 cm³/mol. The van der Waals surface area contributed by atoms with Crippen LogP contribution >= 0.6 is 12.2 Å². The molecule has 0 radical (unpaired) electrons. The minimum absolute atomic E-state index is 0.155. The summed E-state index contributed by atoms with van der Waals surface area (Å²) in [5, 5.41) is 13.7. The van der Waals surface area contributed by atoms with Crippen LogP contribution in [0, 0.1) is 10.1 Å². The molecule has 8 heteroatoms. The number of anilines is 1. The van der Waals surface area contributed by atoms with E-state index in [2.05, 4.69) is 16.2 Å². The van der Waals surface area contributed by atoms with Crippen molar-refractivity contribution in [2.45, 2.75) is 0 Å². The smallest absolute Gasteiger partial charge is 0.270 e. The summed E-state index contributed by atoms with van der Waals surface area (Å²) >= 11 is 5.03. The van der Waals surface area contributed by atoms with Crippen molar-refractivity contribution in [2.24, 2.45) is 0 Å². The topological polar surface area (TPSA) is 96.3 Å². The van der Waals surface area contributed by atoms with Gasteiger partial charge in [0.2, 0.25) is 0 Å². The van der Waals surface area contributed by atoms with E-state index < -0.39 is 10.8 Å². The number of hydrogen-bond donors (Lipinski definition) is 3. The van der Waals surface area contributed by atoms with Gasteiger partial charge in [0, 0.05) is 23.4 Å². The van der Waals surface area contributed by atoms with Crippen LogP contribution < -0.4 is 16.2 Å². The van der Waals surface area contributed by atoms with Gasteiger partial charge in [-0.1, -0.05) is 24.3 Å². The monoisotopic (exact) mass is 316 g/mol. The molecule has 2 aromatic rings. The maximum atomic E-state index is 11.9. The van der Waals surface area contributed by atoms with Crippen LogP contribution in [0.5, 0.6) is 0 Å². The van der Waals surface area contributed by atoms with E-state index in [1.165, 1.54) is 24.3 Å². The molecule has 1 amide bonds. The van der Waals surface area contributed by atoms with Crippen LogP contribution in [0.1, 0.15) is 10.4 Å². The van der Waals surface area contributed by atoms with Crippen molar-refractivity contribution in [3.8, 4) is 0 Å². The van der Waals surface area contributed by atoms with Crippen LogP contribution in [0.2, 0.25) is 0 Å². The van der Waals surface area contributed by atoms with Crippen molar-refractivity contribution in [2.75, 3.05) is 5.32 Å². The third-order valence-corrected chi connectivity index (χ3v) is 2.84. The van der Waals surface area contributed by atoms with E-state index in [1.807, 2.05) is 30.3 Å². The molecular formula is C14H12N4O3S. The van der Waals surface area contributed by atoms with Crippen molar-refractivity contribution >= 4 is 34.6 Å². The highest BCUT2D eigenvalue weighted by atomic mass is 32.1. The van der Waals surface area contributed by atoms with Crippen molar-refractivity contribution < 1.29 is 9.72 Å². The summed E-state index contributed by atoms with van der Waals surface area (Å²) in [7, 11) is 0. The fourth-order valence-electron chi connectivity index (χ4n) is 1.63. The Kier molecular flexibility index (Phi) is 4.99. The zero-order valence-electron chi connectivity index (χ0n) is 11.3. The van der Waals surface area contributed by atoms with Gasteiger partial charge in [-0.25, -0.2) is 0 Å². The lowest BCUT2D eigenvalue weighted by Gasteiger charge is -2.11. The lowest BCUT2D eigenvalue weighted by Crippen LogP contribution is -2.43. The SMILES string of the molecule is O=C(NNC(=S)Nc1ccccc1)c1cccc([N+](=O)[O-])c1. The second kappa shape index (κ2) is 7.14. The average molecular weight is 316 g/mol. The molecule has 0 saturated carbocycles. The number of carbonyl (C=O) groups is 1. The second-order valence-electron chi connectivity index (χ2n) is 4.21. The summed E-state index contributed by atoms with van der Waals surface area (Å²) < 4.78 is 0. The number of rotatable bonds is 3. The largest absolute Gasteiger partial charge is 0.331 e. The van der Waals surface area contributed by atoms with Gasteiger partial charge in [-0.05, 0) is 30.4 Å². The lowest BCUT2D eigenvalue weighted by atomic mass is 10.2. The number of carbonyl (C=O) groups excluding carboxylic acids is 1. The fraction of sp³-hybridized carbons (Fsp3) is 0. The number of nitrogens with zero attached hydrogens (tertiary/aromatic N) is 1. The Morgan fingerprint density at radius 3 is 2.45 bits per heavy atom. The number of para-hydroxylation sites is 1. The first-order valence-electron chi connectivity index (χ1n) is 6.23. The normalized spacial score (nSPS) is 9.64. The Hall–Kier alpha value is -3.00. The lowest BCUT2D eigenvalue weighted by molar-refractivity contribution is -0.384. The Balaban J connectivity index is 1.91. The number of amides is 1. The molecule has 0 aliphatic rings. The highest BCUT2D eigenvalue weighted by molar-refractivity contribution is 7.80. The van der Waals surface area contributed by atoms with Gasteiger partial charge in [-0.15, -0.1) is 0 Å². The number of thiocarbonyl (C=S) groups is 1. The summed E-state index contributed by atoms with van der Waals surface area (Å²) in [6.45, 7) is 0. The minimum atomic E-state index is -0.564. The molecule has 2 rings (SSSR count). The molecule has 0 heterocycles. The summed E-state index contributed by atoms with van der Waals surface area (Å²) in [6, 6.07) is 14.6. The first-order chi connectivity index (χ1) is 10.6. The van der Waals surface area contributed by atoms with Gasteiger partial charge in [0.25, 0.3) is 11.6 Å². The Morgan fingerprint density at radius 1 is 1.05 bits per heavy atom. The average Bonchev–Trinajstić information content (AvgIpc) is 2.53. The van der Waals surface area contributed by atoms with E-state index in [-0.39, 0.29) is 16.4 Å². The third-order valence-electron chi connectivity index (χ3n) is 2.64. The molecule has 0 aliphatic carbocycles. The quantitative estimate of drug-likeness (QED) is 0.456. The van der Waals surface area contributed by atoms with Crippen LogP contribution in [0.25, 0.3) is 0 Å². The van der Waals surface area contributed by atoms with E-state index in [0.717, 1.165) is 5.69 Å². The molecule has 0 fully saturated rings. The van der Waals surface area contributed by atoms with Gasteiger partial charge in [0.15, 0.2) is 5.11 Å². The predicted octanol–water partition coefficient (Wildman–Crippen LogP) is 2.23. The van der Waals surface area contributed by atoms with Crippen molar-refractivity contribution in [3.63, 3.8) is 0 Å². The summed E-state index contributed by atoms with van der Waals surface area (Å²) in [4.78, 5) is 22.0. The van der Waals surface area contributed by atoms with Crippen molar-refractivity contribution in [3.05, 3.63) is 70.3 Å². The van der Waals surface area contributed by atoms with Gasteiger partial charge in [0.1, 0.15) is 0 Å². The molecule has 0 aromatic heterocycles. The number of benzene rings is 2. The van der Waals surface area contributed by atoms with E-state index >= 15 is 0 Å². The molecule has 7 nitrogen and oxygen atoms in total. The zero-order valence-corrected chi connectivity index (χ0v) is 12.1. The molecule has 2 aromatic carbocycles. The van der Waals surface area contributed by atoms with Gasteiger partial charge in [-0.3, -0.25) is 25.8 Å². The second-order valence-corrected chi connectivity index (χ2v) is 4.61. The summed E-state index contributed by atoms with van der Waals surface area (Å²) in [5.41, 5.74) is 5.67. The molecule has 0 unspecified atom stereocenters. The zero-order chi connectivity index (χ0) is 15.9. The summed E-state index contributed by atoms with van der Waals surface area (Å²) in [5.74, 6) is -0.527. The molecule has 22 heavy (non-hydrogen) atoms. The number of nitrogens with one attached hydrogen (secondary N) is 3. The summed E-state index contributed by atoms with van der Waals surface area (Å²) in [6.07, 6.45) is 0. The fourth-order valence-corrected chi connectivity index (χ4v) is 1.80. The van der Waals surface area contributed by atoms with Crippen LogP contribution in [0.3, 0.4) is 0 Å². The van der Waals surface area contributed by atoms with Gasteiger partial charge in [0.05, 0.1) is 4.92 Å². The molecule has 0 bridgehead atoms. The number of non-ortho nitro benzene ring substituents is 1. The van der Waals surface area contributed by atoms with E-state index in [0.29, 0.717) is 0 Å². The Labute approximate surface area is 131 Å². The number of hydrogen-bond acceptors (Lipinski definition) is 4. The molecule has 0 aliphatic heterocycles. The minimum Gasteiger partial charge on any atom is -0.331 e. The first kappa shape index (κ1) is 15.4. The third kappa shape index (κ3) is 4.25. The highest BCUT2D eigenvalue weighted by Crippen LogP contribution is 2.12. The van der Waals surface area contributed by atoms with Crippen molar-refractivity contribution in [1.29, 1.82) is 0 Å². The van der Waals surface area contributed by atoms with Crippen LogP contribution in [0.15, 0.2) is 54.6 Å². The molecule has 0 atom stereocenters. The maximum absolute atomic E-state index is 11.9. The molecule has 0 saturated heterocycles. The number of hydrazine groups is 1. The van der Waals surface area contributed by atoms with Gasteiger partial charge in [-0.2, -0.15) is 0 Å². The molecular weight excluding hydrogens is 304 g/mol. The Morgan fingerprint density at radius 2 is 1.77 bits per heavy atom. The van der Waals surface area contributed by atoms with E-state index in [9.17, 15) is 14.9 Å². The van der Waals surface area contributed by atoms with Gasteiger partial charge >= 0.3 is 0 Å². The van der Waals surface area contributed by atoms with Crippen LogP contribution in [-0.4, -0.2) is 15.9 Å². The standard InChI is InChI=1S/C14H12N4O3S/c19-13(10-5-4-8-12(9-10)18(20)21)16-17-14(22)15-11-6-2-1-3-7-11/h1-9H,(H,16,19)(H2,15,17,22). The highest BCUT2D eigenvalue weighted by Gasteiger charge is 2.11. The van der Waals surface area contributed by atoms with Crippen molar-refractivity contribution in [1.82, 2.24) is 10.9 Å². The van der Waals surface area contributed by atoms with Gasteiger partial charge < -0.3 is 5.32 Å². The maximum Gasteiger partial charge on any atom is 0.270 e. The van der Waals surface area contributed by atoms with Crippen LogP contribution in [-0.2, 0) is 0 Å². The molecule has 112 valence electrons. The van der Waals surface area contributed by atoms with E-state index in [1.54, 1.807) is 0 Å². The first-order valence-corrected chi connectivity index (χ1v) is 6.64. The molecule has 0 spiro atoms. The van der Waals surface area contributed by atoms with Crippen LogP contribution in [0.4, 0.5) is 11.4 Å². The molecule has 3 N–H and O–H groups in total. The van der Waals surface area contributed by atoms with E-state index in [4.69, 9.17) is 12.2 Å². The number of nitro benzene ring substituents is 1. The Bertz CT molecular complexity index is 706. The number of nitro groups is 1.